The maximum absolute atomic E-state index is 5.40. The number of aromatic nitrogens is 1. The molecule has 1 aromatic heterocycles. The highest BCUT2D eigenvalue weighted by atomic mass is 79.9. The summed E-state index contributed by atoms with van der Waals surface area (Å²) in [5, 5.41) is 0. The van der Waals surface area contributed by atoms with E-state index in [0.29, 0.717) is 6.54 Å². The molecule has 3 heteroatoms. The van der Waals surface area contributed by atoms with E-state index < -0.39 is 0 Å². The minimum absolute atomic E-state index is 0.643. The maximum Gasteiger partial charge on any atom is 0.129 e. The van der Waals surface area contributed by atoms with E-state index in [-0.39, 0.29) is 0 Å². The molecule has 84 valence electrons. The summed E-state index contributed by atoms with van der Waals surface area (Å²) in [5.41, 5.74) is 1.01. The van der Waals surface area contributed by atoms with Gasteiger partial charge in [0.1, 0.15) is 5.82 Å². The third kappa shape index (κ3) is 2.76. The first-order chi connectivity index (χ1) is 7.70. The summed E-state index contributed by atoms with van der Waals surface area (Å²) in [5.74, 6) is 4.52. The van der Waals surface area contributed by atoms with Gasteiger partial charge in [0, 0.05) is 11.0 Å². The molecule has 0 atom stereocenters. The number of terminal acetylenes is 1. The molecule has 0 N–H and O–H groups in total. The van der Waals surface area contributed by atoms with Gasteiger partial charge in [-0.05, 0) is 53.7 Å². The molecule has 0 aromatic carbocycles. The van der Waals surface area contributed by atoms with Crippen LogP contribution < -0.4 is 4.90 Å². The van der Waals surface area contributed by atoms with Crippen molar-refractivity contribution < 1.29 is 0 Å². The minimum atomic E-state index is 0.643. The van der Waals surface area contributed by atoms with E-state index in [0.717, 1.165) is 28.4 Å². The fourth-order valence-electron chi connectivity index (χ4n) is 1.67. The molecule has 0 bridgehead atoms. The van der Waals surface area contributed by atoms with Crippen LogP contribution in [0.15, 0.2) is 16.6 Å². The van der Waals surface area contributed by atoms with Crippen LogP contribution in [0.5, 0.6) is 0 Å². The van der Waals surface area contributed by atoms with E-state index in [1.54, 1.807) is 0 Å². The summed E-state index contributed by atoms with van der Waals surface area (Å²) < 4.78 is 1.04. The lowest BCUT2D eigenvalue weighted by Crippen LogP contribution is -2.27. The summed E-state index contributed by atoms with van der Waals surface area (Å²) in [6, 6.07) is 4.06. The second kappa shape index (κ2) is 4.88. The molecule has 1 aliphatic rings. The molecule has 0 unspecified atom stereocenters. The molecule has 16 heavy (non-hydrogen) atoms. The Morgan fingerprint density at radius 2 is 2.31 bits per heavy atom. The molecule has 1 aliphatic carbocycles. The van der Waals surface area contributed by atoms with Crippen molar-refractivity contribution in [1.29, 1.82) is 0 Å². The average molecular weight is 279 g/mol. The molecular weight excluding hydrogens is 264 g/mol. The lowest BCUT2D eigenvalue weighted by Gasteiger charge is -2.21. The van der Waals surface area contributed by atoms with Gasteiger partial charge in [-0.1, -0.05) is 5.92 Å². The Balaban J connectivity index is 2.16. The van der Waals surface area contributed by atoms with E-state index >= 15 is 0 Å². The number of hydrogen-bond donors (Lipinski definition) is 0. The van der Waals surface area contributed by atoms with Crippen LogP contribution in [0, 0.1) is 25.2 Å². The lowest BCUT2D eigenvalue weighted by atomic mass is 10.3. The Hall–Kier alpha value is -1.01. The molecule has 0 saturated heterocycles. The van der Waals surface area contributed by atoms with Crippen LogP contribution in [-0.2, 0) is 0 Å². The molecule has 0 aliphatic heterocycles. The van der Waals surface area contributed by atoms with Crippen molar-refractivity contribution in [1.82, 2.24) is 4.98 Å². The Bertz CT molecular complexity index is 418. The average Bonchev–Trinajstić information content (AvgIpc) is 3.05. The first-order valence-corrected chi connectivity index (χ1v) is 6.31. The third-order valence-electron chi connectivity index (χ3n) is 2.79. The Kier molecular flexibility index (Phi) is 3.50. The molecule has 0 amide bonds. The Labute approximate surface area is 105 Å². The van der Waals surface area contributed by atoms with Gasteiger partial charge in [0.25, 0.3) is 0 Å². The third-order valence-corrected chi connectivity index (χ3v) is 3.63. The first-order valence-electron chi connectivity index (χ1n) is 5.52. The van der Waals surface area contributed by atoms with Crippen LogP contribution in [0.3, 0.4) is 0 Å². The van der Waals surface area contributed by atoms with Crippen LogP contribution in [0.2, 0.25) is 0 Å². The number of hydrogen-bond acceptors (Lipinski definition) is 2. The molecule has 0 radical (unpaired) electrons. The molecule has 2 nitrogen and oxygen atoms in total. The summed E-state index contributed by atoms with van der Waals surface area (Å²) in [7, 11) is 0. The van der Waals surface area contributed by atoms with Gasteiger partial charge in [0.2, 0.25) is 0 Å². The number of anilines is 1. The monoisotopic (exact) mass is 278 g/mol. The zero-order valence-electron chi connectivity index (χ0n) is 9.41. The topological polar surface area (TPSA) is 16.1 Å². The summed E-state index contributed by atoms with van der Waals surface area (Å²) in [6.07, 6.45) is 8.06. The van der Waals surface area contributed by atoms with Crippen molar-refractivity contribution in [2.45, 2.75) is 19.8 Å². The fraction of sp³-hybridized carbons (Fsp3) is 0.462. The highest BCUT2D eigenvalue weighted by Gasteiger charge is 2.24. The van der Waals surface area contributed by atoms with Gasteiger partial charge in [-0.15, -0.1) is 6.42 Å². The highest BCUT2D eigenvalue weighted by Crippen LogP contribution is 2.31. The predicted octanol–water partition coefficient (Wildman–Crippen LogP) is 3.00. The second-order valence-corrected chi connectivity index (χ2v) is 5.12. The van der Waals surface area contributed by atoms with Gasteiger partial charge < -0.3 is 4.90 Å². The second-order valence-electron chi connectivity index (χ2n) is 4.26. The zero-order valence-corrected chi connectivity index (χ0v) is 11.0. The van der Waals surface area contributed by atoms with Gasteiger partial charge in [-0.2, -0.15) is 0 Å². The van der Waals surface area contributed by atoms with Crippen molar-refractivity contribution in [2.24, 2.45) is 5.92 Å². The lowest BCUT2D eigenvalue weighted by molar-refractivity contribution is 0.753. The molecule has 1 fully saturated rings. The van der Waals surface area contributed by atoms with Crippen molar-refractivity contribution >= 4 is 21.7 Å². The van der Waals surface area contributed by atoms with Gasteiger partial charge in [-0.25, -0.2) is 4.98 Å². The van der Waals surface area contributed by atoms with E-state index in [1.165, 1.54) is 12.8 Å². The van der Waals surface area contributed by atoms with Gasteiger partial charge in [0.15, 0.2) is 0 Å². The molecule has 1 heterocycles. The number of nitrogens with zero attached hydrogens (tertiary/aromatic N) is 2. The normalized spacial score (nSPS) is 14.6. The first kappa shape index (κ1) is 11.5. The van der Waals surface area contributed by atoms with Gasteiger partial charge in [-0.3, -0.25) is 0 Å². The molecule has 1 saturated carbocycles. The standard InChI is InChI=1S/C13H15BrN2/c1-3-8-16(9-11-4-5-11)13-7-6-12(14)10(2)15-13/h1,6-7,11H,4-5,8-9H2,2H3. The van der Waals surface area contributed by atoms with Crippen LogP contribution in [0.1, 0.15) is 18.5 Å². The SMILES string of the molecule is C#CCN(CC1CC1)c1ccc(Br)c(C)n1. The van der Waals surface area contributed by atoms with Crippen LogP contribution in [0.4, 0.5) is 5.82 Å². The number of rotatable bonds is 4. The van der Waals surface area contributed by atoms with Crippen molar-refractivity contribution in [2.75, 3.05) is 18.0 Å². The van der Waals surface area contributed by atoms with Gasteiger partial charge >= 0.3 is 0 Å². The van der Waals surface area contributed by atoms with Crippen LogP contribution in [-0.4, -0.2) is 18.1 Å². The Morgan fingerprint density at radius 1 is 1.56 bits per heavy atom. The molecule has 2 rings (SSSR count). The molecule has 1 aromatic rings. The zero-order chi connectivity index (χ0) is 11.5. The fourth-order valence-corrected chi connectivity index (χ4v) is 1.89. The number of halogens is 1. The van der Waals surface area contributed by atoms with Crippen LogP contribution in [0.25, 0.3) is 0 Å². The van der Waals surface area contributed by atoms with Gasteiger partial charge in [0.05, 0.1) is 12.2 Å². The summed E-state index contributed by atoms with van der Waals surface area (Å²) in [4.78, 5) is 6.75. The van der Waals surface area contributed by atoms with Crippen LogP contribution >= 0.6 is 15.9 Å². The van der Waals surface area contributed by atoms with E-state index in [2.05, 4.69) is 31.7 Å². The summed E-state index contributed by atoms with van der Waals surface area (Å²) >= 11 is 3.46. The molecular formula is C13H15BrN2. The van der Waals surface area contributed by atoms with Crippen molar-refractivity contribution in [3.05, 3.63) is 22.3 Å². The minimum Gasteiger partial charge on any atom is -0.345 e. The Morgan fingerprint density at radius 3 is 2.88 bits per heavy atom. The maximum atomic E-state index is 5.40. The van der Waals surface area contributed by atoms with Crippen molar-refractivity contribution in [3.63, 3.8) is 0 Å². The number of pyridine rings is 1. The van der Waals surface area contributed by atoms with Crippen molar-refractivity contribution in [3.8, 4) is 12.3 Å². The van der Waals surface area contributed by atoms with E-state index in [9.17, 15) is 0 Å². The largest absolute Gasteiger partial charge is 0.345 e. The predicted molar refractivity (Wildman–Crippen MR) is 70.4 cm³/mol. The number of aryl methyl sites for hydroxylation is 1. The highest BCUT2D eigenvalue weighted by molar-refractivity contribution is 9.10. The van der Waals surface area contributed by atoms with E-state index in [1.807, 2.05) is 19.1 Å². The van der Waals surface area contributed by atoms with E-state index in [4.69, 9.17) is 6.42 Å². The smallest absolute Gasteiger partial charge is 0.129 e. The molecule has 0 spiro atoms. The summed E-state index contributed by atoms with van der Waals surface area (Å²) in [6.45, 7) is 3.68. The quantitative estimate of drug-likeness (QED) is 0.788.